The molecule has 0 saturated heterocycles. The summed E-state index contributed by atoms with van der Waals surface area (Å²) in [6.45, 7) is 1.71. The maximum Gasteiger partial charge on any atom is 0.339 e. The van der Waals surface area contributed by atoms with Gasteiger partial charge in [0.2, 0.25) is 5.89 Å². The fraction of sp³-hybridized carbons (Fsp3) is 0.160. The van der Waals surface area contributed by atoms with Crippen molar-refractivity contribution >= 4 is 5.97 Å². The van der Waals surface area contributed by atoms with E-state index in [2.05, 4.69) is 10.2 Å². The molecule has 0 amide bonds. The molecule has 1 atom stereocenters. The molecule has 0 aliphatic carbocycles. The van der Waals surface area contributed by atoms with E-state index < -0.39 is 12.1 Å². The Morgan fingerprint density at radius 1 is 0.935 bits per heavy atom. The lowest BCUT2D eigenvalue weighted by Crippen LogP contribution is -2.12. The van der Waals surface area contributed by atoms with Gasteiger partial charge in [-0.15, -0.1) is 10.2 Å². The molecule has 6 heteroatoms. The Morgan fingerprint density at radius 2 is 1.65 bits per heavy atom. The average molecular weight is 414 g/mol. The van der Waals surface area contributed by atoms with Gasteiger partial charge in [0.05, 0.1) is 12.7 Å². The summed E-state index contributed by atoms with van der Waals surface area (Å²) in [4.78, 5) is 12.9. The minimum Gasteiger partial charge on any atom is -0.497 e. The number of carbonyl (C=O) groups is 1. The maximum absolute atomic E-state index is 12.9. The van der Waals surface area contributed by atoms with Crippen molar-refractivity contribution in [3.63, 3.8) is 0 Å². The van der Waals surface area contributed by atoms with E-state index >= 15 is 0 Å². The van der Waals surface area contributed by atoms with Gasteiger partial charge in [-0.05, 0) is 54.8 Å². The summed E-state index contributed by atoms with van der Waals surface area (Å²) in [6.07, 6.45) is -0.0420. The number of esters is 1. The molecular weight excluding hydrogens is 392 g/mol. The molecule has 0 unspecified atom stereocenters. The zero-order chi connectivity index (χ0) is 21.6. The second-order valence-electron chi connectivity index (χ2n) is 7.04. The van der Waals surface area contributed by atoms with E-state index in [1.165, 1.54) is 0 Å². The van der Waals surface area contributed by atoms with Crippen LogP contribution in [-0.2, 0) is 11.2 Å². The van der Waals surface area contributed by atoms with Crippen LogP contribution in [0.4, 0.5) is 0 Å². The second kappa shape index (κ2) is 9.26. The first-order valence-corrected chi connectivity index (χ1v) is 9.94. The van der Waals surface area contributed by atoms with Crippen LogP contribution in [0, 0.1) is 0 Å². The van der Waals surface area contributed by atoms with Crippen LogP contribution < -0.4 is 4.74 Å². The van der Waals surface area contributed by atoms with Gasteiger partial charge in [-0.3, -0.25) is 0 Å². The van der Waals surface area contributed by atoms with Gasteiger partial charge in [-0.1, -0.05) is 48.5 Å². The smallest absolute Gasteiger partial charge is 0.339 e. The summed E-state index contributed by atoms with van der Waals surface area (Å²) < 4.78 is 16.5. The lowest BCUT2D eigenvalue weighted by molar-refractivity contribution is 0.0279. The highest BCUT2D eigenvalue weighted by molar-refractivity contribution is 5.91. The molecule has 0 saturated carbocycles. The molecule has 31 heavy (non-hydrogen) atoms. The number of nitrogens with zero attached hydrogens (tertiary/aromatic N) is 2. The molecule has 3 aromatic carbocycles. The first kappa shape index (κ1) is 20.3. The first-order chi connectivity index (χ1) is 15.1. The van der Waals surface area contributed by atoms with Crippen molar-refractivity contribution in [1.82, 2.24) is 10.2 Å². The Labute approximate surface area is 180 Å². The predicted octanol–water partition coefficient (Wildman–Crippen LogP) is 5.25. The van der Waals surface area contributed by atoms with Crippen LogP contribution in [0.5, 0.6) is 5.75 Å². The van der Waals surface area contributed by atoms with Crippen LogP contribution in [0.3, 0.4) is 0 Å². The molecule has 1 aromatic heterocycles. The molecule has 1 heterocycles. The van der Waals surface area contributed by atoms with E-state index in [1.54, 1.807) is 20.1 Å². The molecule has 0 spiro atoms. The van der Waals surface area contributed by atoms with Crippen LogP contribution >= 0.6 is 0 Å². The number of carbonyl (C=O) groups excluding carboxylic acids is 1. The third-order valence-corrected chi connectivity index (χ3v) is 4.88. The SMILES string of the molecule is COc1ccc(-c2nnc([C@H](C)OC(=O)c3ccccc3Cc3ccccc3)o2)cc1. The van der Waals surface area contributed by atoms with Gasteiger partial charge in [0.15, 0.2) is 6.10 Å². The number of hydrogen-bond donors (Lipinski definition) is 0. The van der Waals surface area contributed by atoms with Crippen molar-refractivity contribution in [2.24, 2.45) is 0 Å². The third-order valence-electron chi connectivity index (χ3n) is 4.88. The quantitative estimate of drug-likeness (QED) is 0.384. The standard InChI is InChI=1S/C25H22N2O4/c1-17(23-26-27-24(31-23)19-12-14-21(29-2)15-13-19)30-25(28)22-11-7-6-10-20(22)16-18-8-4-3-5-9-18/h3-15,17H,16H2,1-2H3/t17-/m0/s1. The van der Waals surface area contributed by atoms with E-state index in [0.29, 0.717) is 17.9 Å². The summed E-state index contributed by atoms with van der Waals surface area (Å²) in [5.74, 6) is 0.896. The van der Waals surface area contributed by atoms with Crippen LogP contribution in [0.1, 0.15) is 40.4 Å². The lowest BCUT2D eigenvalue weighted by Gasteiger charge is -2.12. The van der Waals surface area contributed by atoms with Crippen molar-refractivity contribution in [3.05, 3.63) is 101 Å². The van der Waals surface area contributed by atoms with E-state index in [-0.39, 0.29) is 5.89 Å². The summed E-state index contributed by atoms with van der Waals surface area (Å²) in [5, 5.41) is 8.11. The molecule has 0 bridgehead atoms. The number of rotatable bonds is 7. The molecule has 0 aliphatic heterocycles. The van der Waals surface area contributed by atoms with Crippen molar-refractivity contribution in [1.29, 1.82) is 0 Å². The Hall–Kier alpha value is -3.93. The molecule has 6 nitrogen and oxygen atoms in total. The van der Waals surface area contributed by atoms with Gasteiger partial charge in [-0.25, -0.2) is 4.79 Å². The molecule has 0 N–H and O–H groups in total. The van der Waals surface area contributed by atoms with Crippen molar-refractivity contribution in [2.75, 3.05) is 7.11 Å². The third kappa shape index (κ3) is 4.80. The fourth-order valence-corrected chi connectivity index (χ4v) is 3.21. The Balaban J connectivity index is 1.47. The molecule has 4 rings (SSSR count). The van der Waals surface area contributed by atoms with Crippen molar-refractivity contribution in [2.45, 2.75) is 19.4 Å². The lowest BCUT2D eigenvalue weighted by atomic mass is 10.00. The molecule has 4 aromatic rings. The predicted molar refractivity (Wildman–Crippen MR) is 116 cm³/mol. The topological polar surface area (TPSA) is 74.5 Å². The largest absolute Gasteiger partial charge is 0.497 e. The molecule has 156 valence electrons. The van der Waals surface area contributed by atoms with Gasteiger partial charge < -0.3 is 13.9 Å². The van der Waals surface area contributed by atoms with Crippen LogP contribution in [0.2, 0.25) is 0 Å². The van der Waals surface area contributed by atoms with Gasteiger partial charge in [0, 0.05) is 5.56 Å². The average Bonchev–Trinajstić information content (AvgIpc) is 3.31. The summed E-state index contributed by atoms with van der Waals surface area (Å²) in [7, 11) is 1.61. The highest BCUT2D eigenvalue weighted by Crippen LogP contribution is 2.25. The maximum atomic E-state index is 12.9. The molecular formula is C25H22N2O4. The highest BCUT2D eigenvalue weighted by atomic mass is 16.6. The summed E-state index contributed by atoms with van der Waals surface area (Å²) in [5.41, 5.74) is 3.30. The van der Waals surface area contributed by atoms with Crippen molar-refractivity contribution < 1.29 is 18.7 Å². The first-order valence-electron chi connectivity index (χ1n) is 9.94. The van der Waals surface area contributed by atoms with Gasteiger partial charge >= 0.3 is 5.97 Å². The molecule has 0 aliphatic rings. The summed E-state index contributed by atoms with van der Waals surface area (Å²) in [6, 6.07) is 24.7. The van der Waals surface area contributed by atoms with E-state index in [0.717, 1.165) is 22.4 Å². The van der Waals surface area contributed by atoms with Gasteiger partial charge in [-0.2, -0.15) is 0 Å². The van der Waals surface area contributed by atoms with Gasteiger partial charge in [0.25, 0.3) is 5.89 Å². The molecule has 0 radical (unpaired) electrons. The number of methoxy groups -OCH3 is 1. The van der Waals surface area contributed by atoms with Crippen LogP contribution in [-0.4, -0.2) is 23.3 Å². The monoisotopic (exact) mass is 414 g/mol. The number of benzene rings is 3. The van der Waals surface area contributed by atoms with Gasteiger partial charge in [0.1, 0.15) is 5.75 Å². The minimum absolute atomic E-state index is 0.236. The van der Waals surface area contributed by atoms with E-state index in [9.17, 15) is 4.79 Å². The van der Waals surface area contributed by atoms with E-state index in [1.807, 2.05) is 72.8 Å². The normalized spacial score (nSPS) is 11.7. The fourth-order valence-electron chi connectivity index (χ4n) is 3.21. The second-order valence-corrected chi connectivity index (χ2v) is 7.04. The number of hydrogen-bond acceptors (Lipinski definition) is 6. The Bertz CT molecular complexity index is 1150. The van der Waals surface area contributed by atoms with Crippen molar-refractivity contribution in [3.8, 4) is 17.2 Å². The van der Waals surface area contributed by atoms with Crippen LogP contribution in [0.25, 0.3) is 11.5 Å². The zero-order valence-corrected chi connectivity index (χ0v) is 17.3. The Morgan fingerprint density at radius 3 is 2.39 bits per heavy atom. The van der Waals surface area contributed by atoms with Crippen LogP contribution in [0.15, 0.2) is 83.3 Å². The number of aromatic nitrogens is 2. The van der Waals surface area contributed by atoms with E-state index in [4.69, 9.17) is 13.9 Å². The molecule has 0 fully saturated rings. The minimum atomic E-state index is -0.684. The number of ether oxygens (including phenoxy) is 2. The highest BCUT2D eigenvalue weighted by Gasteiger charge is 2.21. The zero-order valence-electron chi connectivity index (χ0n) is 17.3. The summed E-state index contributed by atoms with van der Waals surface area (Å²) >= 11 is 0. The Kier molecular flexibility index (Phi) is 6.08.